The highest BCUT2D eigenvalue weighted by atomic mass is 28.2. The fourth-order valence-electron chi connectivity index (χ4n) is 1.96. The molecule has 0 aromatic rings. The van der Waals surface area contributed by atoms with Gasteiger partial charge in [0.25, 0.3) is 0 Å². The molecule has 1 aliphatic carbocycles. The van der Waals surface area contributed by atoms with Crippen LogP contribution in [0.2, 0.25) is 5.54 Å². The maximum absolute atomic E-state index is 5.81. The first kappa shape index (κ1) is 11.7. The van der Waals surface area contributed by atoms with Crippen LogP contribution in [0.15, 0.2) is 25.3 Å². The second kappa shape index (κ2) is 7.02. The molecule has 0 spiro atoms. The van der Waals surface area contributed by atoms with E-state index in [1.54, 1.807) is 0 Å². The normalized spacial score (nSPS) is 19.2. The molecule has 1 rings (SSSR count). The lowest BCUT2D eigenvalue weighted by molar-refractivity contribution is 0.299. The predicted molar refractivity (Wildman–Crippen MR) is 65.2 cm³/mol. The highest BCUT2D eigenvalue weighted by Crippen LogP contribution is 2.27. The van der Waals surface area contributed by atoms with Gasteiger partial charge in [0.15, 0.2) is 9.76 Å². The van der Waals surface area contributed by atoms with Crippen molar-refractivity contribution in [2.45, 2.75) is 37.6 Å². The smallest absolute Gasteiger partial charge is 0.164 e. The summed E-state index contributed by atoms with van der Waals surface area (Å²) in [4.78, 5) is 0. The van der Waals surface area contributed by atoms with Gasteiger partial charge in [0.05, 0.1) is 0 Å². The van der Waals surface area contributed by atoms with Crippen molar-refractivity contribution in [1.29, 1.82) is 0 Å². The van der Waals surface area contributed by atoms with Gasteiger partial charge in [0.2, 0.25) is 0 Å². The molecular weight excluding hydrogens is 188 g/mol. The molecule has 0 aromatic carbocycles. The fourth-order valence-corrected chi connectivity index (χ4v) is 3.61. The third-order valence-corrected chi connectivity index (χ3v) is 4.75. The van der Waals surface area contributed by atoms with Gasteiger partial charge < -0.3 is 4.43 Å². The first-order valence-corrected chi connectivity index (χ1v) is 7.09. The van der Waals surface area contributed by atoms with Crippen LogP contribution in [0.3, 0.4) is 0 Å². The Kier molecular flexibility index (Phi) is 5.88. The van der Waals surface area contributed by atoms with Crippen LogP contribution in [0.1, 0.15) is 32.1 Å². The van der Waals surface area contributed by atoms with Gasteiger partial charge in [0.1, 0.15) is 0 Å². The average Bonchev–Trinajstić information content (AvgIpc) is 2.26. The summed E-state index contributed by atoms with van der Waals surface area (Å²) in [5.41, 5.74) is 0.944. The molecule has 1 aliphatic rings. The molecule has 0 aliphatic heterocycles. The number of hydrogen-bond acceptors (Lipinski definition) is 1. The van der Waals surface area contributed by atoms with E-state index >= 15 is 0 Å². The first-order chi connectivity index (χ1) is 6.86. The fraction of sp³-hybridized carbons (Fsp3) is 0.667. The zero-order valence-electron chi connectivity index (χ0n) is 9.08. The van der Waals surface area contributed by atoms with E-state index in [0.29, 0.717) is 5.92 Å². The van der Waals surface area contributed by atoms with E-state index in [2.05, 4.69) is 13.2 Å². The van der Waals surface area contributed by atoms with Crippen molar-refractivity contribution in [1.82, 2.24) is 0 Å². The van der Waals surface area contributed by atoms with Gasteiger partial charge in [-0.1, -0.05) is 44.3 Å². The highest BCUT2D eigenvalue weighted by Gasteiger charge is 2.14. The van der Waals surface area contributed by atoms with Gasteiger partial charge in [-0.3, -0.25) is 0 Å². The lowest BCUT2D eigenvalue weighted by Crippen LogP contribution is -2.15. The van der Waals surface area contributed by atoms with Crippen LogP contribution in [0.4, 0.5) is 0 Å². The van der Waals surface area contributed by atoms with E-state index in [1.165, 1.54) is 32.1 Å². The Morgan fingerprint density at radius 3 is 2.43 bits per heavy atom. The van der Waals surface area contributed by atoms with E-state index < -0.39 is 0 Å². The van der Waals surface area contributed by atoms with E-state index in [4.69, 9.17) is 4.43 Å². The molecule has 0 N–H and O–H groups in total. The Balaban J connectivity index is 2.07. The Morgan fingerprint density at radius 1 is 1.21 bits per heavy atom. The summed E-state index contributed by atoms with van der Waals surface area (Å²) in [7, 11) is -0.291. The SMILES string of the molecule is C=CC(C=C)CO[SiH2]C1CCCCC1. The number of rotatable bonds is 6. The maximum atomic E-state index is 5.81. The second-order valence-corrected chi connectivity index (χ2v) is 6.07. The van der Waals surface area contributed by atoms with Crippen LogP contribution >= 0.6 is 0 Å². The van der Waals surface area contributed by atoms with Gasteiger partial charge in [-0.15, -0.1) is 13.2 Å². The van der Waals surface area contributed by atoms with Gasteiger partial charge >= 0.3 is 0 Å². The third-order valence-electron chi connectivity index (χ3n) is 2.99. The summed E-state index contributed by atoms with van der Waals surface area (Å²) >= 11 is 0. The lowest BCUT2D eigenvalue weighted by Gasteiger charge is -2.21. The molecule has 0 unspecified atom stereocenters. The summed E-state index contributed by atoms with van der Waals surface area (Å²) in [6.07, 6.45) is 11.0. The van der Waals surface area contributed by atoms with Crippen LogP contribution in [0, 0.1) is 5.92 Å². The molecule has 0 heterocycles. The standard InChI is InChI=1S/C12H22OSi/c1-3-11(4-2)10-13-14-12-8-6-5-7-9-12/h3-4,11-12H,1-2,5-10,14H2. The molecule has 0 bridgehead atoms. The van der Waals surface area contributed by atoms with E-state index in [0.717, 1.165) is 12.1 Å². The molecule has 80 valence electrons. The van der Waals surface area contributed by atoms with Crippen LogP contribution in [-0.4, -0.2) is 16.4 Å². The zero-order valence-corrected chi connectivity index (χ0v) is 10.5. The molecule has 0 amide bonds. The van der Waals surface area contributed by atoms with Gasteiger partial charge in [-0.05, 0) is 5.54 Å². The van der Waals surface area contributed by atoms with Crippen LogP contribution in [-0.2, 0) is 4.43 Å². The Labute approximate surface area is 90.2 Å². The zero-order chi connectivity index (χ0) is 10.2. The van der Waals surface area contributed by atoms with Crippen molar-refractivity contribution in [2.24, 2.45) is 5.92 Å². The Morgan fingerprint density at radius 2 is 1.86 bits per heavy atom. The molecular formula is C12H22OSi. The first-order valence-electron chi connectivity index (χ1n) is 5.69. The van der Waals surface area contributed by atoms with Crippen molar-refractivity contribution in [2.75, 3.05) is 6.61 Å². The Hall–Kier alpha value is -0.343. The summed E-state index contributed by atoms with van der Waals surface area (Å²) < 4.78 is 5.81. The molecule has 0 atom stereocenters. The van der Waals surface area contributed by atoms with Crippen LogP contribution in [0.5, 0.6) is 0 Å². The molecule has 0 saturated heterocycles. The van der Waals surface area contributed by atoms with Gasteiger partial charge in [-0.25, -0.2) is 0 Å². The monoisotopic (exact) mass is 210 g/mol. The van der Waals surface area contributed by atoms with Crippen molar-refractivity contribution < 1.29 is 4.43 Å². The predicted octanol–water partition coefficient (Wildman–Crippen LogP) is 2.83. The van der Waals surface area contributed by atoms with E-state index in [-0.39, 0.29) is 9.76 Å². The van der Waals surface area contributed by atoms with Gasteiger partial charge in [0, 0.05) is 12.5 Å². The molecule has 0 radical (unpaired) electrons. The number of hydrogen-bond donors (Lipinski definition) is 0. The highest BCUT2D eigenvalue weighted by molar-refractivity contribution is 6.29. The minimum Gasteiger partial charge on any atom is -0.423 e. The molecule has 1 saturated carbocycles. The summed E-state index contributed by atoms with van der Waals surface area (Å²) in [6.45, 7) is 8.34. The van der Waals surface area contributed by atoms with Crippen molar-refractivity contribution >= 4 is 9.76 Å². The van der Waals surface area contributed by atoms with E-state index in [9.17, 15) is 0 Å². The molecule has 14 heavy (non-hydrogen) atoms. The van der Waals surface area contributed by atoms with Crippen molar-refractivity contribution in [3.63, 3.8) is 0 Å². The largest absolute Gasteiger partial charge is 0.423 e. The molecule has 1 fully saturated rings. The van der Waals surface area contributed by atoms with Crippen LogP contribution in [0.25, 0.3) is 0 Å². The average molecular weight is 210 g/mol. The summed E-state index contributed by atoms with van der Waals surface area (Å²) in [5, 5.41) is 0. The van der Waals surface area contributed by atoms with Gasteiger partial charge in [-0.2, -0.15) is 0 Å². The quantitative estimate of drug-likeness (QED) is 0.484. The molecule has 0 aromatic heterocycles. The molecule has 2 heteroatoms. The molecule has 1 nitrogen and oxygen atoms in total. The van der Waals surface area contributed by atoms with Crippen molar-refractivity contribution in [3.8, 4) is 0 Å². The maximum Gasteiger partial charge on any atom is 0.164 e. The van der Waals surface area contributed by atoms with Crippen LogP contribution < -0.4 is 0 Å². The Bertz CT molecular complexity index is 165. The van der Waals surface area contributed by atoms with Crippen molar-refractivity contribution in [3.05, 3.63) is 25.3 Å². The third kappa shape index (κ3) is 4.25. The van der Waals surface area contributed by atoms with E-state index in [1.807, 2.05) is 12.2 Å². The second-order valence-electron chi connectivity index (χ2n) is 4.18. The summed E-state index contributed by atoms with van der Waals surface area (Å²) in [5.74, 6) is 0.353. The minimum atomic E-state index is -0.291. The summed E-state index contributed by atoms with van der Waals surface area (Å²) in [6, 6.07) is 0. The minimum absolute atomic E-state index is 0.291. The lowest BCUT2D eigenvalue weighted by atomic mass is 10.0. The topological polar surface area (TPSA) is 9.23 Å².